The van der Waals surface area contributed by atoms with E-state index in [1.54, 1.807) is 19.9 Å². The SMILES string of the molecule is CCN(CC)S(=O)(=O)c1cc(C(=O)NC2CC2)ccc1OC. The number of hydrogen-bond acceptors (Lipinski definition) is 4. The number of methoxy groups -OCH3 is 1. The molecule has 1 fully saturated rings. The Hall–Kier alpha value is -1.60. The van der Waals surface area contributed by atoms with Gasteiger partial charge in [0.1, 0.15) is 10.6 Å². The third kappa shape index (κ3) is 3.41. The van der Waals surface area contributed by atoms with Crippen molar-refractivity contribution < 1.29 is 17.9 Å². The summed E-state index contributed by atoms with van der Waals surface area (Å²) >= 11 is 0. The quantitative estimate of drug-likeness (QED) is 0.826. The predicted molar refractivity (Wildman–Crippen MR) is 83.6 cm³/mol. The normalized spacial score (nSPS) is 14.9. The Balaban J connectivity index is 2.41. The molecule has 0 spiro atoms. The number of carbonyl (C=O) groups excluding carboxylic acids is 1. The highest BCUT2D eigenvalue weighted by Crippen LogP contribution is 2.28. The number of nitrogens with zero attached hydrogens (tertiary/aromatic N) is 1. The van der Waals surface area contributed by atoms with Crippen molar-refractivity contribution in [1.29, 1.82) is 0 Å². The summed E-state index contributed by atoms with van der Waals surface area (Å²) in [7, 11) is -2.27. The predicted octanol–water partition coefficient (Wildman–Crippen LogP) is 1.62. The van der Waals surface area contributed by atoms with Gasteiger partial charge >= 0.3 is 0 Å². The van der Waals surface area contributed by atoms with Crippen LogP contribution in [0.15, 0.2) is 23.1 Å². The Kier molecular flexibility index (Phi) is 5.08. The molecule has 1 aliphatic carbocycles. The number of hydrogen-bond donors (Lipinski definition) is 1. The van der Waals surface area contributed by atoms with E-state index in [2.05, 4.69) is 5.32 Å². The van der Waals surface area contributed by atoms with E-state index in [0.29, 0.717) is 18.7 Å². The fraction of sp³-hybridized carbons (Fsp3) is 0.533. The molecule has 0 aromatic heterocycles. The maximum atomic E-state index is 12.7. The van der Waals surface area contributed by atoms with Gasteiger partial charge in [0, 0.05) is 24.7 Å². The van der Waals surface area contributed by atoms with Crippen LogP contribution in [-0.2, 0) is 10.0 Å². The molecule has 1 N–H and O–H groups in total. The van der Waals surface area contributed by atoms with Gasteiger partial charge in [-0.1, -0.05) is 13.8 Å². The molecule has 0 saturated heterocycles. The second kappa shape index (κ2) is 6.66. The van der Waals surface area contributed by atoms with Gasteiger partial charge in [-0.05, 0) is 31.0 Å². The molecule has 1 saturated carbocycles. The van der Waals surface area contributed by atoms with Crippen LogP contribution in [0.25, 0.3) is 0 Å². The molecule has 22 heavy (non-hydrogen) atoms. The van der Waals surface area contributed by atoms with E-state index in [1.807, 2.05) is 0 Å². The van der Waals surface area contributed by atoms with Crippen molar-refractivity contribution in [3.8, 4) is 5.75 Å². The minimum Gasteiger partial charge on any atom is -0.495 e. The maximum Gasteiger partial charge on any atom is 0.251 e. The first-order valence-corrected chi connectivity index (χ1v) is 8.87. The smallest absolute Gasteiger partial charge is 0.251 e. The zero-order valence-electron chi connectivity index (χ0n) is 13.1. The first-order chi connectivity index (χ1) is 10.4. The lowest BCUT2D eigenvalue weighted by Gasteiger charge is -2.20. The van der Waals surface area contributed by atoms with Crippen molar-refractivity contribution >= 4 is 15.9 Å². The molecule has 2 rings (SSSR count). The van der Waals surface area contributed by atoms with Crippen LogP contribution >= 0.6 is 0 Å². The Morgan fingerprint density at radius 3 is 2.45 bits per heavy atom. The van der Waals surface area contributed by atoms with Crippen molar-refractivity contribution in [2.45, 2.75) is 37.6 Å². The summed E-state index contributed by atoms with van der Waals surface area (Å²) in [4.78, 5) is 12.2. The molecule has 7 heteroatoms. The van der Waals surface area contributed by atoms with Crippen LogP contribution in [0.3, 0.4) is 0 Å². The molecule has 1 amide bonds. The van der Waals surface area contributed by atoms with E-state index in [0.717, 1.165) is 12.8 Å². The van der Waals surface area contributed by atoms with Crippen molar-refractivity contribution in [3.05, 3.63) is 23.8 Å². The number of benzene rings is 1. The highest BCUT2D eigenvalue weighted by atomic mass is 32.2. The van der Waals surface area contributed by atoms with E-state index in [-0.39, 0.29) is 22.6 Å². The van der Waals surface area contributed by atoms with Gasteiger partial charge in [-0.3, -0.25) is 4.79 Å². The highest BCUT2D eigenvalue weighted by Gasteiger charge is 2.28. The fourth-order valence-corrected chi connectivity index (χ4v) is 3.86. The lowest BCUT2D eigenvalue weighted by Crippen LogP contribution is -2.31. The summed E-state index contributed by atoms with van der Waals surface area (Å²) in [6.07, 6.45) is 1.96. The molecule has 1 aromatic carbocycles. The Morgan fingerprint density at radius 1 is 1.32 bits per heavy atom. The molecule has 0 atom stereocenters. The van der Waals surface area contributed by atoms with Gasteiger partial charge in [0.25, 0.3) is 5.91 Å². The van der Waals surface area contributed by atoms with Crippen molar-refractivity contribution in [2.75, 3.05) is 20.2 Å². The van der Waals surface area contributed by atoms with Gasteiger partial charge in [-0.15, -0.1) is 0 Å². The van der Waals surface area contributed by atoms with Crippen LogP contribution in [-0.4, -0.2) is 44.9 Å². The molecule has 6 nitrogen and oxygen atoms in total. The third-order valence-electron chi connectivity index (χ3n) is 3.66. The van der Waals surface area contributed by atoms with Crippen LogP contribution in [0.1, 0.15) is 37.0 Å². The molecule has 0 bridgehead atoms. The summed E-state index contributed by atoms with van der Waals surface area (Å²) in [5, 5.41) is 2.86. The number of ether oxygens (including phenoxy) is 1. The first-order valence-electron chi connectivity index (χ1n) is 7.43. The van der Waals surface area contributed by atoms with Gasteiger partial charge in [0.2, 0.25) is 10.0 Å². The standard InChI is InChI=1S/C15H22N2O4S/c1-4-17(5-2)22(19,20)14-10-11(6-9-13(14)21-3)15(18)16-12-7-8-12/h6,9-10,12H,4-5,7-8H2,1-3H3,(H,16,18). The maximum absolute atomic E-state index is 12.7. The van der Waals surface area contributed by atoms with E-state index in [9.17, 15) is 13.2 Å². The first kappa shape index (κ1) is 16.8. The van der Waals surface area contributed by atoms with Gasteiger partial charge in [0.05, 0.1) is 7.11 Å². The zero-order chi connectivity index (χ0) is 16.3. The molecular weight excluding hydrogens is 304 g/mol. The zero-order valence-corrected chi connectivity index (χ0v) is 13.9. The minimum atomic E-state index is -3.68. The summed E-state index contributed by atoms with van der Waals surface area (Å²) < 4.78 is 31.9. The number of rotatable bonds is 7. The van der Waals surface area contributed by atoms with Crippen molar-refractivity contribution in [2.24, 2.45) is 0 Å². The third-order valence-corrected chi connectivity index (χ3v) is 5.73. The highest BCUT2D eigenvalue weighted by molar-refractivity contribution is 7.89. The average molecular weight is 326 g/mol. The summed E-state index contributed by atoms with van der Waals surface area (Å²) in [5.41, 5.74) is 0.332. The molecule has 0 radical (unpaired) electrons. The summed E-state index contributed by atoms with van der Waals surface area (Å²) in [6.45, 7) is 4.27. The molecule has 0 unspecified atom stereocenters. The molecule has 1 aliphatic rings. The molecular formula is C15H22N2O4S. The van der Waals surface area contributed by atoms with Crippen LogP contribution in [0.4, 0.5) is 0 Å². The van der Waals surface area contributed by atoms with Gasteiger partial charge in [0.15, 0.2) is 0 Å². The Bertz CT molecular complexity index is 650. The lowest BCUT2D eigenvalue weighted by molar-refractivity contribution is 0.0951. The second-order valence-corrected chi connectivity index (χ2v) is 7.11. The molecule has 0 aliphatic heterocycles. The second-order valence-electron chi connectivity index (χ2n) is 5.20. The van der Waals surface area contributed by atoms with Crippen molar-refractivity contribution in [3.63, 3.8) is 0 Å². The minimum absolute atomic E-state index is 0.0298. The van der Waals surface area contributed by atoms with E-state index in [1.165, 1.54) is 23.5 Å². The molecule has 0 heterocycles. The number of carbonyl (C=O) groups is 1. The van der Waals surface area contributed by atoms with E-state index >= 15 is 0 Å². The van der Waals surface area contributed by atoms with E-state index < -0.39 is 10.0 Å². The van der Waals surface area contributed by atoms with Gasteiger partial charge in [-0.2, -0.15) is 4.31 Å². The topological polar surface area (TPSA) is 75.7 Å². The Labute approximate surface area is 131 Å². The Morgan fingerprint density at radius 2 is 1.95 bits per heavy atom. The summed E-state index contributed by atoms with van der Waals surface area (Å²) in [6, 6.07) is 4.72. The van der Waals surface area contributed by atoms with Crippen LogP contribution < -0.4 is 10.1 Å². The molecule has 1 aromatic rings. The number of amides is 1. The summed E-state index contributed by atoms with van der Waals surface area (Å²) in [5.74, 6) is -0.00368. The number of nitrogens with one attached hydrogen (secondary N) is 1. The van der Waals surface area contributed by atoms with Gasteiger partial charge < -0.3 is 10.1 Å². The van der Waals surface area contributed by atoms with E-state index in [4.69, 9.17) is 4.74 Å². The van der Waals surface area contributed by atoms with Crippen LogP contribution in [0.5, 0.6) is 5.75 Å². The van der Waals surface area contributed by atoms with Crippen LogP contribution in [0, 0.1) is 0 Å². The van der Waals surface area contributed by atoms with Gasteiger partial charge in [-0.25, -0.2) is 8.42 Å². The molecule has 122 valence electrons. The average Bonchev–Trinajstić information content (AvgIpc) is 3.31. The monoisotopic (exact) mass is 326 g/mol. The van der Waals surface area contributed by atoms with Crippen LogP contribution in [0.2, 0.25) is 0 Å². The largest absolute Gasteiger partial charge is 0.495 e. The fourth-order valence-electron chi connectivity index (χ4n) is 2.22. The number of sulfonamides is 1. The van der Waals surface area contributed by atoms with Crippen molar-refractivity contribution in [1.82, 2.24) is 9.62 Å². The lowest BCUT2D eigenvalue weighted by atomic mass is 10.2.